The lowest BCUT2D eigenvalue weighted by molar-refractivity contribution is 0.270. The summed E-state index contributed by atoms with van der Waals surface area (Å²) < 4.78 is 5.82. The Morgan fingerprint density at radius 2 is 1.96 bits per heavy atom. The van der Waals surface area contributed by atoms with Crippen LogP contribution in [0.4, 0.5) is 5.95 Å². The van der Waals surface area contributed by atoms with E-state index >= 15 is 0 Å². The molecule has 2 aliphatic rings. The molecule has 0 aromatic carbocycles. The van der Waals surface area contributed by atoms with Gasteiger partial charge in [0, 0.05) is 24.8 Å². The maximum Gasteiger partial charge on any atom is 0.235 e. The number of aryl methyl sites for hydroxylation is 1. The predicted octanol–water partition coefficient (Wildman–Crippen LogP) is 3.42. The first kappa shape index (κ1) is 18.9. The Morgan fingerprint density at radius 1 is 1.21 bits per heavy atom. The number of rotatable bonds is 6. The van der Waals surface area contributed by atoms with Gasteiger partial charge in [-0.25, -0.2) is 15.0 Å². The van der Waals surface area contributed by atoms with E-state index in [9.17, 15) is 0 Å². The number of nitriles is 1. The first-order valence-electron chi connectivity index (χ1n) is 9.72. The molecule has 4 rings (SSSR count). The molecule has 1 aliphatic heterocycles. The summed E-state index contributed by atoms with van der Waals surface area (Å²) in [5.74, 6) is 3.53. The van der Waals surface area contributed by atoms with Crippen molar-refractivity contribution in [2.45, 2.75) is 32.6 Å². The van der Waals surface area contributed by atoms with Gasteiger partial charge in [-0.2, -0.15) is 10.2 Å². The second kappa shape index (κ2) is 8.27. The number of aromatic nitrogens is 4. The van der Waals surface area contributed by atoms with Gasteiger partial charge in [-0.05, 0) is 50.4 Å². The van der Waals surface area contributed by atoms with Gasteiger partial charge in [0.25, 0.3) is 0 Å². The summed E-state index contributed by atoms with van der Waals surface area (Å²) in [4.78, 5) is 19.0. The molecule has 1 aliphatic carbocycles. The maximum atomic E-state index is 8.96. The number of halogens is 1. The number of piperidine rings is 1. The van der Waals surface area contributed by atoms with Crippen molar-refractivity contribution in [3.63, 3.8) is 0 Å². The van der Waals surface area contributed by atoms with Gasteiger partial charge in [0.05, 0.1) is 24.0 Å². The predicted molar refractivity (Wildman–Crippen MR) is 105 cm³/mol. The minimum atomic E-state index is 0.166. The Labute approximate surface area is 169 Å². The van der Waals surface area contributed by atoms with E-state index in [4.69, 9.17) is 21.6 Å². The summed E-state index contributed by atoms with van der Waals surface area (Å²) in [6, 6.07) is 3.76. The fourth-order valence-corrected chi connectivity index (χ4v) is 4.02. The van der Waals surface area contributed by atoms with Crippen LogP contribution in [0.2, 0.25) is 5.02 Å². The summed E-state index contributed by atoms with van der Waals surface area (Å²) in [5.41, 5.74) is 0.755. The zero-order valence-electron chi connectivity index (χ0n) is 15.9. The van der Waals surface area contributed by atoms with E-state index in [1.165, 1.54) is 25.7 Å². The first-order chi connectivity index (χ1) is 13.6. The van der Waals surface area contributed by atoms with Crippen LogP contribution >= 0.6 is 11.6 Å². The zero-order valence-corrected chi connectivity index (χ0v) is 16.6. The fourth-order valence-electron chi connectivity index (χ4n) is 3.92. The molecule has 0 unspecified atom stereocenters. The van der Waals surface area contributed by atoms with Crippen molar-refractivity contribution in [1.29, 1.82) is 5.26 Å². The SMILES string of the molecule is Cc1cc(OC[C@@H]2C[C@@H]2CC2CCN(c3ncc(Cl)cn3)CC2)nc(C#N)n1. The molecule has 146 valence electrons. The van der Waals surface area contributed by atoms with E-state index in [1.807, 2.05) is 13.0 Å². The molecule has 2 atom stereocenters. The third-order valence-corrected chi connectivity index (χ3v) is 5.78. The molecule has 0 radical (unpaired) electrons. The molecule has 3 heterocycles. The number of ether oxygens (including phenoxy) is 1. The van der Waals surface area contributed by atoms with Crippen LogP contribution in [0.5, 0.6) is 5.88 Å². The molecular weight excluding hydrogens is 376 g/mol. The number of nitrogens with zero attached hydrogens (tertiary/aromatic N) is 6. The molecule has 7 nitrogen and oxygen atoms in total. The van der Waals surface area contributed by atoms with E-state index in [0.717, 1.165) is 36.6 Å². The van der Waals surface area contributed by atoms with Gasteiger partial charge < -0.3 is 9.64 Å². The summed E-state index contributed by atoms with van der Waals surface area (Å²) in [5, 5.41) is 9.53. The van der Waals surface area contributed by atoms with Gasteiger partial charge >= 0.3 is 0 Å². The monoisotopic (exact) mass is 398 g/mol. The summed E-state index contributed by atoms with van der Waals surface area (Å²) >= 11 is 5.86. The molecule has 2 aromatic rings. The molecule has 0 N–H and O–H groups in total. The number of hydrogen-bond donors (Lipinski definition) is 0. The lowest BCUT2D eigenvalue weighted by Gasteiger charge is -2.32. The van der Waals surface area contributed by atoms with Crippen LogP contribution in [0.1, 0.15) is 37.2 Å². The van der Waals surface area contributed by atoms with Crippen LogP contribution in [0.15, 0.2) is 18.5 Å². The highest BCUT2D eigenvalue weighted by molar-refractivity contribution is 6.30. The van der Waals surface area contributed by atoms with Crippen LogP contribution in [-0.2, 0) is 0 Å². The Morgan fingerprint density at radius 3 is 2.68 bits per heavy atom. The van der Waals surface area contributed by atoms with Crippen LogP contribution in [0, 0.1) is 36.0 Å². The van der Waals surface area contributed by atoms with E-state index < -0.39 is 0 Å². The highest BCUT2D eigenvalue weighted by atomic mass is 35.5. The number of anilines is 1. The van der Waals surface area contributed by atoms with E-state index in [2.05, 4.69) is 24.8 Å². The Hall–Kier alpha value is -2.46. The van der Waals surface area contributed by atoms with Crippen molar-refractivity contribution in [2.75, 3.05) is 24.6 Å². The van der Waals surface area contributed by atoms with Crippen LogP contribution in [-0.4, -0.2) is 39.6 Å². The second-order valence-corrected chi connectivity index (χ2v) is 8.15. The van der Waals surface area contributed by atoms with Crippen molar-refractivity contribution < 1.29 is 4.74 Å². The standard InChI is InChI=1S/C20H23ClN6O/c1-13-6-19(26-18(9-22)25-13)28-12-16-8-15(16)7-14-2-4-27(5-3-14)20-23-10-17(21)11-24-20/h6,10-11,14-16H,2-5,7-8,12H2,1H3/t15-,16-/m0/s1. The molecular formula is C20H23ClN6O. The highest BCUT2D eigenvalue weighted by Crippen LogP contribution is 2.45. The summed E-state index contributed by atoms with van der Waals surface area (Å²) in [6.07, 6.45) is 8.14. The minimum Gasteiger partial charge on any atom is -0.477 e. The third kappa shape index (κ3) is 4.68. The third-order valence-electron chi connectivity index (χ3n) is 5.59. The van der Waals surface area contributed by atoms with Crippen LogP contribution in [0.3, 0.4) is 0 Å². The van der Waals surface area contributed by atoms with E-state index in [1.54, 1.807) is 18.5 Å². The number of hydrogen-bond acceptors (Lipinski definition) is 7. The Kier molecular flexibility index (Phi) is 5.58. The normalized spacial score (nSPS) is 22.0. The van der Waals surface area contributed by atoms with E-state index in [0.29, 0.717) is 23.4 Å². The minimum absolute atomic E-state index is 0.166. The molecule has 8 heteroatoms. The molecule has 0 bridgehead atoms. The van der Waals surface area contributed by atoms with E-state index in [-0.39, 0.29) is 5.82 Å². The van der Waals surface area contributed by atoms with Crippen LogP contribution in [0.25, 0.3) is 0 Å². The van der Waals surface area contributed by atoms with Gasteiger partial charge in [0.2, 0.25) is 17.7 Å². The fraction of sp³-hybridized carbons (Fsp3) is 0.550. The molecule has 2 fully saturated rings. The van der Waals surface area contributed by atoms with Crippen molar-refractivity contribution in [1.82, 2.24) is 19.9 Å². The van der Waals surface area contributed by atoms with Gasteiger partial charge in [-0.15, -0.1) is 0 Å². The van der Waals surface area contributed by atoms with Crippen molar-refractivity contribution in [2.24, 2.45) is 17.8 Å². The summed E-state index contributed by atoms with van der Waals surface area (Å²) in [6.45, 7) is 4.51. The maximum absolute atomic E-state index is 8.96. The zero-order chi connectivity index (χ0) is 19.5. The molecule has 1 saturated heterocycles. The van der Waals surface area contributed by atoms with Crippen molar-refractivity contribution in [3.8, 4) is 11.9 Å². The lowest BCUT2D eigenvalue weighted by Crippen LogP contribution is -2.35. The first-order valence-corrected chi connectivity index (χ1v) is 10.1. The average molecular weight is 399 g/mol. The van der Waals surface area contributed by atoms with Crippen molar-refractivity contribution >= 4 is 17.5 Å². The van der Waals surface area contributed by atoms with Gasteiger partial charge in [0.1, 0.15) is 6.07 Å². The van der Waals surface area contributed by atoms with Crippen molar-refractivity contribution in [3.05, 3.63) is 35.0 Å². The van der Waals surface area contributed by atoms with Gasteiger partial charge in [-0.3, -0.25) is 0 Å². The molecule has 0 amide bonds. The second-order valence-electron chi connectivity index (χ2n) is 7.72. The van der Waals surface area contributed by atoms with Gasteiger partial charge in [0.15, 0.2) is 0 Å². The quantitative estimate of drug-likeness (QED) is 0.736. The smallest absolute Gasteiger partial charge is 0.235 e. The Balaban J connectivity index is 1.20. The lowest BCUT2D eigenvalue weighted by atomic mass is 9.91. The largest absolute Gasteiger partial charge is 0.477 e. The summed E-state index contributed by atoms with van der Waals surface area (Å²) in [7, 11) is 0. The Bertz CT molecular complexity index is 860. The van der Waals surface area contributed by atoms with Crippen LogP contribution < -0.4 is 9.64 Å². The molecule has 2 aromatic heterocycles. The highest BCUT2D eigenvalue weighted by Gasteiger charge is 2.39. The topological polar surface area (TPSA) is 87.8 Å². The van der Waals surface area contributed by atoms with Gasteiger partial charge in [-0.1, -0.05) is 11.6 Å². The average Bonchev–Trinajstić information content (AvgIpc) is 3.45. The molecule has 28 heavy (non-hydrogen) atoms. The molecule has 1 saturated carbocycles. The molecule has 0 spiro atoms.